The van der Waals surface area contributed by atoms with Gasteiger partial charge in [0.15, 0.2) is 0 Å². The number of fused-ring (bicyclic) bond motifs is 2. The van der Waals surface area contributed by atoms with E-state index in [2.05, 4.69) is 4.90 Å². The van der Waals surface area contributed by atoms with Crippen LogP contribution in [0.15, 0.2) is 0 Å². The Hall–Kier alpha value is -0.730. The second-order valence-corrected chi connectivity index (χ2v) is 10.1. The van der Waals surface area contributed by atoms with Crippen LogP contribution in [0, 0.1) is 17.8 Å². The van der Waals surface area contributed by atoms with Crippen LogP contribution in [-0.2, 0) is 4.74 Å². The van der Waals surface area contributed by atoms with Gasteiger partial charge < -0.3 is 9.64 Å². The summed E-state index contributed by atoms with van der Waals surface area (Å²) in [5.74, 6) is 2.75. The summed E-state index contributed by atoms with van der Waals surface area (Å²) in [5.41, 5.74) is 0. The Morgan fingerprint density at radius 3 is 1.81 bits per heavy atom. The van der Waals surface area contributed by atoms with Crippen molar-refractivity contribution in [2.24, 2.45) is 17.8 Å². The summed E-state index contributed by atoms with van der Waals surface area (Å²) in [4.78, 5) is 15.3. The van der Waals surface area contributed by atoms with Gasteiger partial charge in [0.25, 0.3) is 0 Å². The van der Waals surface area contributed by atoms with Crippen molar-refractivity contribution in [2.75, 3.05) is 6.61 Å². The van der Waals surface area contributed by atoms with Crippen LogP contribution in [0.5, 0.6) is 0 Å². The minimum atomic E-state index is 0.0183. The molecule has 0 aromatic carbocycles. The van der Waals surface area contributed by atoms with Crippen LogP contribution in [-0.4, -0.2) is 29.7 Å². The third kappa shape index (κ3) is 5.21. The molecule has 27 heavy (non-hydrogen) atoms. The first-order valence-electron chi connectivity index (χ1n) is 12.2. The van der Waals surface area contributed by atoms with Crippen LogP contribution in [0.4, 0.5) is 4.79 Å². The Balaban J connectivity index is 1.28. The van der Waals surface area contributed by atoms with Crippen molar-refractivity contribution in [1.29, 1.82) is 0 Å². The molecule has 154 valence electrons. The highest BCUT2D eigenvalue weighted by molar-refractivity contribution is 5.68. The molecule has 0 spiro atoms. The number of amides is 1. The van der Waals surface area contributed by atoms with Gasteiger partial charge in [0.05, 0.1) is 6.61 Å². The maximum absolute atomic E-state index is 13.1. The molecule has 0 heterocycles. The first-order chi connectivity index (χ1) is 13.3. The Morgan fingerprint density at radius 1 is 0.704 bits per heavy atom. The maximum atomic E-state index is 13.1. The summed E-state index contributed by atoms with van der Waals surface area (Å²) >= 11 is 0. The average molecular weight is 376 g/mol. The quantitative estimate of drug-likeness (QED) is 0.535. The summed E-state index contributed by atoms with van der Waals surface area (Å²) in [6, 6.07) is 0.895. The predicted octanol–water partition coefficient (Wildman–Crippen LogP) is 6.70. The molecule has 0 aromatic heterocycles. The molecule has 4 rings (SSSR count). The van der Waals surface area contributed by atoms with E-state index in [1.54, 1.807) is 0 Å². The van der Waals surface area contributed by atoms with Crippen LogP contribution in [0.2, 0.25) is 0 Å². The zero-order valence-corrected chi connectivity index (χ0v) is 17.4. The smallest absolute Gasteiger partial charge is 0.410 e. The molecule has 4 saturated carbocycles. The molecular formula is C24H41NO2. The zero-order chi connectivity index (χ0) is 18.5. The van der Waals surface area contributed by atoms with Crippen LogP contribution in [0.3, 0.4) is 0 Å². The van der Waals surface area contributed by atoms with Crippen molar-refractivity contribution in [2.45, 2.75) is 121 Å². The number of carbonyl (C=O) groups is 1. The predicted molar refractivity (Wildman–Crippen MR) is 110 cm³/mol. The molecule has 2 bridgehead atoms. The molecule has 3 heteroatoms. The van der Waals surface area contributed by atoms with Crippen LogP contribution >= 0.6 is 0 Å². The van der Waals surface area contributed by atoms with Gasteiger partial charge in [-0.25, -0.2) is 4.79 Å². The Kier molecular flexibility index (Phi) is 7.00. The first kappa shape index (κ1) is 19.6. The lowest BCUT2D eigenvalue weighted by Crippen LogP contribution is -2.49. The lowest BCUT2D eigenvalue weighted by atomic mass is 9.67. The van der Waals surface area contributed by atoms with Crippen molar-refractivity contribution in [3.8, 4) is 0 Å². The van der Waals surface area contributed by atoms with E-state index in [4.69, 9.17) is 4.74 Å². The van der Waals surface area contributed by atoms with Gasteiger partial charge in [0, 0.05) is 12.1 Å². The lowest BCUT2D eigenvalue weighted by Gasteiger charge is -2.41. The average Bonchev–Trinajstić information content (AvgIpc) is 2.70. The van der Waals surface area contributed by atoms with Crippen molar-refractivity contribution in [1.82, 2.24) is 4.90 Å². The molecule has 0 saturated heterocycles. The van der Waals surface area contributed by atoms with Crippen LogP contribution in [0.1, 0.15) is 109 Å². The van der Waals surface area contributed by atoms with E-state index in [1.165, 1.54) is 103 Å². The van der Waals surface area contributed by atoms with Gasteiger partial charge in [0.1, 0.15) is 0 Å². The van der Waals surface area contributed by atoms with Crippen molar-refractivity contribution in [3.05, 3.63) is 0 Å². The Labute approximate surface area is 166 Å². The number of rotatable bonds is 5. The molecule has 4 fully saturated rings. The monoisotopic (exact) mass is 375 g/mol. The van der Waals surface area contributed by atoms with Crippen molar-refractivity contribution >= 4 is 6.09 Å². The third-order valence-electron chi connectivity index (χ3n) is 8.12. The van der Waals surface area contributed by atoms with Crippen molar-refractivity contribution < 1.29 is 9.53 Å². The fourth-order valence-corrected chi connectivity index (χ4v) is 6.81. The maximum Gasteiger partial charge on any atom is 0.410 e. The molecular weight excluding hydrogens is 334 g/mol. The molecule has 2 unspecified atom stereocenters. The summed E-state index contributed by atoms with van der Waals surface area (Å²) < 4.78 is 5.92. The number of hydrogen-bond donors (Lipinski definition) is 0. The second-order valence-electron chi connectivity index (χ2n) is 10.1. The summed E-state index contributed by atoms with van der Waals surface area (Å²) in [6.45, 7) is 0.652. The standard InChI is InChI=1S/C24H41NO2/c26-24(27-15-14-21-17-19-8-7-9-20(16-19)18-21)25(22-10-3-1-4-11-22)23-12-5-2-6-13-23/h19-23H,1-18H2. The van der Waals surface area contributed by atoms with E-state index in [1.807, 2.05) is 0 Å². The van der Waals surface area contributed by atoms with Gasteiger partial charge in [-0.05, 0) is 69.1 Å². The van der Waals surface area contributed by atoms with E-state index in [9.17, 15) is 4.79 Å². The fourth-order valence-electron chi connectivity index (χ4n) is 6.81. The second kappa shape index (κ2) is 9.65. The molecule has 0 N–H and O–H groups in total. The molecule has 0 aliphatic heterocycles. The Morgan fingerprint density at radius 2 is 1.26 bits per heavy atom. The topological polar surface area (TPSA) is 29.5 Å². The molecule has 2 atom stereocenters. The lowest BCUT2D eigenvalue weighted by molar-refractivity contribution is 0.0383. The highest BCUT2D eigenvalue weighted by Gasteiger charge is 2.34. The van der Waals surface area contributed by atoms with E-state index in [-0.39, 0.29) is 6.09 Å². The van der Waals surface area contributed by atoms with Crippen LogP contribution < -0.4 is 0 Å². The van der Waals surface area contributed by atoms with Gasteiger partial charge in [-0.1, -0.05) is 57.8 Å². The highest BCUT2D eigenvalue weighted by Crippen LogP contribution is 2.43. The first-order valence-corrected chi connectivity index (χ1v) is 12.2. The largest absolute Gasteiger partial charge is 0.449 e. The van der Waals surface area contributed by atoms with Gasteiger partial charge in [-0.3, -0.25) is 0 Å². The summed E-state index contributed by atoms with van der Waals surface area (Å²) in [5, 5.41) is 0. The third-order valence-corrected chi connectivity index (χ3v) is 8.12. The normalized spacial score (nSPS) is 32.8. The van der Waals surface area contributed by atoms with Crippen LogP contribution in [0.25, 0.3) is 0 Å². The van der Waals surface area contributed by atoms with Gasteiger partial charge in [0.2, 0.25) is 0 Å². The number of hydrogen-bond acceptors (Lipinski definition) is 2. The van der Waals surface area contributed by atoms with E-state index < -0.39 is 0 Å². The van der Waals surface area contributed by atoms with E-state index in [0.717, 1.165) is 24.2 Å². The number of ether oxygens (including phenoxy) is 1. The zero-order valence-electron chi connectivity index (χ0n) is 17.4. The molecule has 1 amide bonds. The minimum Gasteiger partial charge on any atom is -0.449 e. The minimum absolute atomic E-state index is 0.0183. The summed E-state index contributed by atoms with van der Waals surface area (Å²) in [6.07, 6.45) is 22.3. The summed E-state index contributed by atoms with van der Waals surface area (Å²) in [7, 11) is 0. The van der Waals surface area contributed by atoms with Gasteiger partial charge in [-0.2, -0.15) is 0 Å². The van der Waals surface area contributed by atoms with Crippen molar-refractivity contribution in [3.63, 3.8) is 0 Å². The molecule has 0 radical (unpaired) electrons. The number of carbonyl (C=O) groups excluding carboxylic acids is 1. The van der Waals surface area contributed by atoms with Gasteiger partial charge in [-0.15, -0.1) is 0 Å². The fraction of sp³-hybridized carbons (Fsp3) is 0.958. The molecule has 4 aliphatic carbocycles. The SMILES string of the molecule is O=C(OCCC1CC2CCCC(C2)C1)N(C1CCCCC1)C1CCCCC1. The van der Waals surface area contributed by atoms with E-state index >= 15 is 0 Å². The Bertz CT molecular complexity index is 437. The highest BCUT2D eigenvalue weighted by atomic mass is 16.6. The number of nitrogens with zero attached hydrogens (tertiary/aromatic N) is 1. The molecule has 0 aromatic rings. The van der Waals surface area contributed by atoms with E-state index in [0.29, 0.717) is 18.7 Å². The van der Waals surface area contributed by atoms with Gasteiger partial charge >= 0.3 is 6.09 Å². The molecule has 4 aliphatic rings. The molecule has 3 nitrogen and oxygen atoms in total.